The van der Waals surface area contributed by atoms with E-state index in [1.807, 2.05) is 26.0 Å². The third kappa shape index (κ3) is 5.01. The molecule has 26 heavy (non-hydrogen) atoms. The van der Waals surface area contributed by atoms with Crippen molar-refractivity contribution in [2.75, 3.05) is 22.4 Å². The zero-order chi connectivity index (χ0) is 19.5. The van der Waals surface area contributed by atoms with E-state index in [4.69, 9.17) is 0 Å². The molecule has 0 heterocycles. The maximum absolute atomic E-state index is 13.9. The fourth-order valence-corrected chi connectivity index (χ4v) is 3.45. The van der Waals surface area contributed by atoms with Crippen LogP contribution in [0.1, 0.15) is 17.5 Å². The Balaban J connectivity index is 2.13. The standard InChI is InChI=1S/C18H20F2N2O3S/c1-12-4-6-16(13(2)10-12)21-18(23)8-9-22(26(3,24)25)17-7-5-14(19)11-15(17)20/h4-7,10-11H,8-9H2,1-3H3,(H,21,23). The normalized spacial score (nSPS) is 11.3. The number of nitrogens with one attached hydrogen (secondary N) is 1. The van der Waals surface area contributed by atoms with Gasteiger partial charge in [-0.2, -0.15) is 0 Å². The Labute approximate surface area is 151 Å². The molecule has 0 atom stereocenters. The molecule has 0 aliphatic heterocycles. The molecule has 1 N–H and O–H groups in total. The van der Waals surface area contributed by atoms with Crippen LogP contribution in [0.5, 0.6) is 0 Å². The largest absolute Gasteiger partial charge is 0.326 e. The maximum atomic E-state index is 13.9. The summed E-state index contributed by atoms with van der Waals surface area (Å²) < 4.78 is 51.7. The number of aryl methyl sites for hydroxylation is 2. The fourth-order valence-electron chi connectivity index (χ4n) is 2.52. The lowest BCUT2D eigenvalue weighted by Gasteiger charge is -2.22. The van der Waals surface area contributed by atoms with E-state index in [-0.39, 0.29) is 18.7 Å². The Kier molecular flexibility index (Phi) is 5.97. The number of nitrogens with zero attached hydrogens (tertiary/aromatic N) is 1. The summed E-state index contributed by atoms with van der Waals surface area (Å²) in [4.78, 5) is 12.2. The molecule has 0 spiro atoms. The number of anilines is 2. The number of carbonyl (C=O) groups is 1. The van der Waals surface area contributed by atoms with E-state index < -0.39 is 27.6 Å². The van der Waals surface area contributed by atoms with Crippen LogP contribution in [0, 0.1) is 25.5 Å². The van der Waals surface area contributed by atoms with Crippen LogP contribution in [0.3, 0.4) is 0 Å². The first kappa shape index (κ1) is 19.8. The summed E-state index contributed by atoms with van der Waals surface area (Å²) in [5.41, 5.74) is 2.26. The lowest BCUT2D eigenvalue weighted by molar-refractivity contribution is -0.116. The van der Waals surface area contributed by atoms with Crippen molar-refractivity contribution in [3.63, 3.8) is 0 Å². The molecule has 0 bridgehead atoms. The molecular formula is C18H20F2N2O3S. The first-order valence-corrected chi connectivity index (χ1v) is 9.72. The summed E-state index contributed by atoms with van der Waals surface area (Å²) in [6, 6.07) is 8.12. The SMILES string of the molecule is Cc1ccc(NC(=O)CCN(c2ccc(F)cc2F)S(C)(=O)=O)c(C)c1. The molecule has 8 heteroatoms. The Bertz CT molecular complexity index is 930. The van der Waals surface area contributed by atoms with E-state index in [0.717, 1.165) is 33.8 Å². The zero-order valence-corrected chi connectivity index (χ0v) is 15.5. The zero-order valence-electron chi connectivity index (χ0n) is 14.7. The molecule has 0 saturated carbocycles. The smallest absolute Gasteiger partial charge is 0.232 e. The average Bonchev–Trinajstić information content (AvgIpc) is 2.51. The van der Waals surface area contributed by atoms with Gasteiger partial charge in [-0.05, 0) is 37.6 Å². The minimum Gasteiger partial charge on any atom is -0.326 e. The summed E-state index contributed by atoms with van der Waals surface area (Å²) in [6.07, 6.45) is 0.717. The number of amides is 1. The van der Waals surface area contributed by atoms with Gasteiger partial charge in [0, 0.05) is 24.7 Å². The van der Waals surface area contributed by atoms with Gasteiger partial charge in [-0.1, -0.05) is 17.7 Å². The van der Waals surface area contributed by atoms with E-state index in [0.29, 0.717) is 11.8 Å². The van der Waals surface area contributed by atoms with Gasteiger partial charge in [0.05, 0.1) is 11.9 Å². The van der Waals surface area contributed by atoms with Gasteiger partial charge in [-0.15, -0.1) is 0 Å². The highest BCUT2D eigenvalue weighted by Gasteiger charge is 2.22. The molecule has 0 saturated heterocycles. The van der Waals surface area contributed by atoms with Crippen LogP contribution in [-0.2, 0) is 14.8 Å². The second kappa shape index (κ2) is 7.82. The number of hydrogen-bond acceptors (Lipinski definition) is 3. The summed E-state index contributed by atoms with van der Waals surface area (Å²) in [6.45, 7) is 3.51. The van der Waals surface area contributed by atoms with Gasteiger partial charge in [-0.25, -0.2) is 17.2 Å². The molecule has 5 nitrogen and oxygen atoms in total. The van der Waals surface area contributed by atoms with Crippen LogP contribution in [0.2, 0.25) is 0 Å². The summed E-state index contributed by atoms with van der Waals surface area (Å²) in [7, 11) is -3.84. The van der Waals surface area contributed by atoms with Crippen LogP contribution in [-0.4, -0.2) is 27.1 Å². The highest BCUT2D eigenvalue weighted by molar-refractivity contribution is 7.92. The summed E-state index contributed by atoms with van der Waals surface area (Å²) in [5.74, 6) is -2.23. The second-order valence-corrected chi connectivity index (χ2v) is 7.95. The van der Waals surface area contributed by atoms with Crippen LogP contribution in [0.15, 0.2) is 36.4 Å². The monoisotopic (exact) mass is 382 g/mol. The third-order valence-electron chi connectivity index (χ3n) is 3.78. The number of hydrogen-bond donors (Lipinski definition) is 1. The molecular weight excluding hydrogens is 362 g/mol. The highest BCUT2D eigenvalue weighted by atomic mass is 32.2. The van der Waals surface area contributed by atoms with Crippen molar-refractivity contribution in [1.29, 1.82) is 0 Å². The van der Waals surface area contributed by atoms with Gasteiger partial charge < -0.3 is 5.32 Å². The lowest BCUT2D eigenvalue weighted by atomic mass is 10.1. The topological polar surface area (TPSA) is 66.5 Å². The van der Waals surface area contributed by atoms with Gasteiger partial charge >= 0.3 is 0 Å². The van der Waals surface area contributed by atoms with Crippen molar-refractivity contribution in [3.8, 4) is 0 Å². The molecule has 2 rings (SSSR count). The molecule has 0 unspecified atom stereocenters. The third-order valence-corrected chi connectivity index (χ3v) is 4.96. The van der Waals surface area contributed by atoms with Gasteiger partial charge in [0.2, 0.25) is 15.9 Å². The molecule has 1 amide bonds. The number of benzene rings is 2. The highest BCUT2D eigenvalue weighted by Crippen LogP contribution is 2.23. The number of halogens is 2. The van der Waals surface area contributed by atoms with Crippen LogP contribution in [0.4, 0.5) is 20.2 Å². The van der Waals surface area contributed by atoms with Gasteiger partial charge in [0.25, 0.3) is 0 Å². The molecule has 2 aromatic carbocycles. The number of carbonyl (C=O) groups excluding carboxylic acids is 1. The van der Waals surface area contributed by atoms with E-state index in [2.05, 4.69) is 5.32 Å². The number of rotatable bonds is 6. The van der Waals surface area contributed by atoms with Gasteiger partial charge in [0.1, 0.15) is 11.6 Å². The van der Waals surface area contributed by atoms with E-state index in [1.165, 1.54) is 0 Å². The number of sulfonamides is 1. The van der Waals surface area contributed by atoms with E-state index in [1.54, 1.807) is 6.07 Å². The van der Waals surface area contributed by atoms with Crippen LogP contribution in [0.25, 0.3) is 0 Å². The first-order valence-electron chi connectivity index (χ1n) is 7.88. The molecule has 2 aromatic rings. The molecule has 0 aliphatic rings. The molecule has 0 aromatic heterocycles. The van der Waals surface area contributed by atoms with Crippen LogP contribution >= 0.6 is 0 Å². The van der Waals surface area contributed by atoms with Crippen molar-refractivity contribution in [1.82, 2.24) is 0 Å². The van der Waals surface area contributed by atoms with Crippen molar-refractivity contribution in [2.45, 2.75) is 20.3 Å². The van der Waals surface area contributed by atoms with Crippen molar-refractivity contribution < 1.29 is 22.0 Å². The van der Waals surface area contributed by atoms with Crippen molar-refractivity contribution in [3.05, 3.63) is 59.2 Å². The molecule has 0 fully saturated rings. The molecule has 0 radical (unpaired) electrons. The Morgan fingerprint density at radius 3 is 2.38 bits per heavy atom. The van der Waals surface area contributed by atoms with Gasteiger partial charge in [0.15, 0.2) is 0 Å². The predicted octanol–water partition coefficient (Wildman–Crippen LogP) is 3.38. The Hall–Kier alpha value is -2.48. The quantitative estimate of drug-likeness (QED) is 0.833. The van der Waals surface area contributed by atoms with E-state index >= 15 is 0 Å². The minimum absolute atomic E-state index is 0.183. The molecule has 140 valence electrons. The predicted molar refractivity (Wildman–Crippen MR) is 97.7 cm³/mol. The Morgan fingerprint density at radius 1 is 1.12 bits per heavy atom. The Morgan fingerprint density at radius 2 is 1.81 bits per heavy atom. The minimum atomic E-state index is -3.84. The second-order valence-electron chi connectivity index (χ2n) is 6.05. The fraction of sp³-hybridized carbons (Fsp3) is 0.278. The van der Waals surface area contributed by atoms with Crippen molar-refractivity contribution in [2.24, 2.45) is 0 Å². The van der Waals surface area contributed by atoms with E-state index in [9.17, 15) is 22.0 Å². The average molecular weight is 382 g/mol. The maximum Gasteiger partial charge on any atom is 0.232 e. The first-order chi connectivity index (χ1) is 12.1. The van der Waals surface area contributed by atoms with Crippen LogP contribution < -0.4 is 9.62 Å². The van der Waals surface area contributed by atoms with Gasteiger partial charge in [-0.3, -0.25) is 9.10 Å². The molecule has 0 aliphatic carbocycles. The summed E-state index contributed by atoms with van der Waals surface area (Å²) in [5, 5.41) is 2.71. The van der Waals surface area contributed by atoms with Crippen molar-refractivity contribution >= 4 is 27.3 Å². The lowest BCUT2D eigenvalue weighted by Crippen LogP contribution is -2.33. The summed E-state index contributed by atoms with van der Waals surface area (Å²) >= 11 is 0.